The molecular formula is C26H19BrClFN2O5. The molecule has 0 radical (unpaired) electrons. The van der Waals surface area contributed by atoms with E-state index in [0.717, 1.165) is 9.37 Å². The Kier molecular flexibility index (Phi) is 7.71. The van der Waals surface area contributed by atoms with Crippen LogP contribution in [0.4, 0.5) is 14.9 Å². The number of nitrogens with zero attached hydrogens (tertiary/aromatic N) is 1. The number of hydrogen-bond donors (Lipinski definition) is 1. The Morgan fingerprint density at radius 2 is 1.81 bits per heavy atom. The summed E-state index contributed by atoms with van der Waals surface area (Å²) in [6.07, 6.45) is 1.32. The Labute approximate surface area is 219 Å². The van der Waals surface area contributed by atoms with Gasteiger partial charge in [-0.25, -0.2) is 14.1 Å². The summed E-state index contributed by atoms with van der Waals surface area (Å²) >= 11 is 9.76. The molecule has 1 fully saturated rings. The summed E-state index contributed by atoms with van der Waals surface area (Å²) in [5.41, 5.74) is 1.02. The highest BCUT2D eigenvalue weighted by atomic mass is 79.9. The molecular weight excluding hydrogens is 555 g/mol. The molecule has 0 aliphatic carbocycles. The second-order valence-electron chi connectivity index (χ2n) is 7.62. The van der Waals surface area contributed by atoms with Crippen molar-refractivity contribution < 1.29 is 28.2 Å². The molecule has 0 aromatic heterocycles. The predicted molar refractivity (Wildman–Crippen MR) is 136 cm³/mol. The molecule has 1 N–H and O–H groups in total. The normalized spacial score (nSPS) is 14.7. The van der Waals surface area contributed by atoms with Gasteiger partial charge in [0.1, 0.15) is 18.0 Å². The fourth-order valence-corrected chi connectivity index (χ4v) is 4.04. The lowest BCUT2D eigenvalue weighted by molar-refractivity contribution is -0.122. The van der Waals surface area contributed by atoms with Gasteiger partial charge in [0, 0.05) is 4.47 Å². The van der Waals surface area contributed by atoms with Crippen LogP contribution in [-0.4, -0.2) is 24.5 Å². The van der Waals surface area contributed by atoms with E-state index in [2.05, 4.69) is 21.2 Å². The third kappa shape index (κ3) is 5.58. The molecule has 3 aromatic rings. The van der Waals surface area contributed by atoms with Crippen molar-refractivity contribution >= 4 is 57.1 Å². The number of amides is 4. The number of nitrogens with one attached hydrogen (secondary N) is 1. The van der Waals surface area contributed by atoms with Gasteiger partial charge in [-0.15, -0.1) is 0 Å². The molecule has 1 heterocycles. The second-order valence-corrected chi connectivity index (χ2v) is 8.94. The fraction of sp³-hybridized carbons (Fsp3) is 0.115. The zero-order chi connectivity index (χ0) is 25.8. The van der Waals surface area contributed by atoms with Crippen molar-refractivity contribution in [3.63, 3.8) is 0 Å². The molecule has 3 aromatic carbocycles. The molecule has 4 amide bonds. The number of carbonyl (C=O) groups excluding carboxylic acids is 3. The molecule has 0 unspecified atom stereocenters. The summed E-state index contributed by atoms with van der Waals surface area (Å²) in [6.45, 7) is 2.11. The Morgan fingerprint density at radius 1 is 1.06 bits per heavy atom. The highest BCUT2D eigenvalue weighted by Gasteiger charge is 2.36. The maximum absolute atomic E-state index is 13.5. The topological polar surface area (TPSA) is 84.9 Å². The molecule has 1 aliphatic heterocycles. The van der Waals surface area contributed by atoms with Crippen LogP contribution in [0.1, 0.15) is 18.1 Å². The van der Waals surface area contributed by atoms with E-state index in [0.29, 0.717) is 16.8 Å². The molecule has 0 bridgehead atoms. The maximum Gasteiger partial charge on any atom is 0.335 e. The molecule has 1 aliphatic rings. The van der Waals surface area contributed by atoms with Crippen LogP contribution in [0.15, 0.2) is 70.7 Å². The average Bonchev–Trinajstić information content (AvgIpc) is 2.82. The first-order valence-electron chi connectivity index (χ1n) is 10.8. The number of urea groups is 1. The van der Waals surface area contributed by atoms with Gasteiger partial charge < -0.3 is 9.47 Å². The third-order valence-electron chi connectivity index (χ3n) is 5.10. The van der Waals surface area contributed by atoms with Crippen molar-refractivity contribution in [2.24, 2.45) is 0 Å². The molecule has 0 saturated carbocycles. The molecule has 7 nitrogen and oxygen atoms in total. The summed E-state index contributed by atoms with van der Waals surface area (Å²) in [4.78, 5) is 38.9. The third-order valence-corrected chi connectivity index (χ3v) is 5.91. The van der Waals surface area contributed by atoms with Gasteiger partial charge in [0.15, 0.2) is 11.5 Å². The standard InChI is InChI=1S/C26H19BrClFN2O5/c1-2-35-22-13-16(12-21(28)23(22)36-14-15-4-3-5-18(29)10-15)11-20-24(32)30-26(34)31(25(20)33)19-8-6-17(27)7-9-19/h3-13H,2,14H2,1H3,(H,30,32,34)/b20-11+. The molecule has 4 rings (SSSR count). The fourth-order valence-electron chi connectivity index (χ4n) is 3.51. The minimum Gasteiger partial charge on any atom is -0.490 e. The van der Waals surface area contributed by atoms with Crippen molar-refractivity contribution in [1.82, 2.24) is 5.32 Å². The number of halogens is 3. The largest absolute Gasteiger partial charge is 0.490 e. The first-order valence-corrected chi connectivity index (χ1v) is 11.9. The first-order chi connectivity index (χ1) is 17.3. The Balaban J connectivity index is 1.65. The van der Waals surface area contributed by atoms with E-state index in [-0.39, 0.29) is 41.1 Å². The molecule has 1 saturated heterocycles. The number of rotatable bonds is 7. The number of imide groups is 2. The van der Waals surface area contributed by atoms with Gasteiger partial charge in [0.05, 0.1) is 17.3 Å². The lowest BCUT2D eigenvalue weighted by Crippen LogP contribution is -2.54. The lowest BCUT2D eigenvalue weighted by atomic mass is 10.1. The van der Waals surface area contributed by atoms with Gasteiger partial charge in [0.2, 0.25) is 0 Å². The van der Waals surface area contributed by atoms with Crippen LogP contribution in [0.5, 0.6) is 11.5 Å². The highest BCUT2D eigenvalue weighted by Crippen LogP contribution is 2.38. The van der Waals surface area contributed by atoms with Crippen molar-refractivity contribution in [3.05, 3.63) is 92.7 Å². The Morgan fingerprint density at radius 3 is 2.50 bits per heavy atom. The average molecular weight is 574 g/mol. The Bertz CT molecular complexity index is 1380. The zero-order valence-corrected chi connectivity index (χ0v) is 21.2. The van der Waals surface area contributed by atoms with Crippen LogP contribution >= 0.6 is 27.5 Å². The van der Waals surface area contributed by atoms with Crippen LogP contribution in [0.2, 0.25) is 5.02 Å². The van der Waals surface area contributed by atoms with Gasteiger partial charge in [-0.2, -0.15) is 0 Å². The summed E-state index contributed by atoms with van der Waals surface area (Å²) in [5.74, 6) is -1.50. The van der Waals surface area contributed by atoms with E-state index in [1.807, 2.05) is 0 Å². The molecule has 184 valence electrons. The minimum atomic E-state index is -0.849. The van der Waals surface area contributed by atoms with Crippen molar-refractivity contribution in [2.75, 3.05) is 11.5 Å². The smallest absolute Gasteiger partial charge is 0.335 e. The minimum absolute atomic E-state index is 0.0448. The number of hydrogen-bond acceptors (Lipinski definition) is 5. The number of barbiturate groups is 1. The van der Waals surface area contributed by atoms with Crippen LogP contribution in [-0.2, 0) is 16.2 Å². The van der Waals surface area contributed by atoms with Gasteiger partial charge in [-0.1, -0.05) is 39.7 Å². The van der Waals surface area contributed by atoms with E-state index < -0.39 is 17.8 Å². The van der Waals surface area contributed by atoms with E-state index in [1.165, 1.54) is 24.3 Å². The number of benzene rings is 3. The molecule has 10 heteroatoms. The Hall–Kier alpha value is -3.69. The van der Waals surface area contributed by atoms with E-state index >= 15 is 0 Å². The SMILES string of the molecule is CCOc1cc(/C=C2\C(=O)NC(=O)N(c3ccc(Br)cc3)C2=O)cc(Cl)c1OCc1cccc(F)c1. The monoisotopic (exact) mass is 572 g/mol. The van der Waals surface area contributed by atoms with Crippen molar-refractivity contribution in [1.29, 1.82) is 0 Å². The lowest BCUT2D eigenvalue weighted by Gasteiger charge is -2.26. The summed E-state index contributed by atoms with van der Waals surface area (Å²) in [6, 6.07) is 14.7. The van der Waals surface area contributed by atoms with Crippen LogP contribution in [0.25, 0.3) is 6.08 Å². The van der Waals surface area contributed by atoms with Gasteiger partial charge in [0.25, 0.3) is 11.8 Å². The van der Waals surface area contributed by atoms with E-state index in [9.17, 15) is 18.8 Å². The van der Waals surface area contributed by atoms with Gasteiger partial charge >= 0.3 is 6.03 Å². The van der Waals surface area contributed by atoms with Crippen LogP contribution in [0, 0.1) is 5.82 Å². The zero-order valence-electron chi connectivity index (χ0n) is 18.9. The van der Waals surface area contributed by atoms with Gasteiger partial charge in [-0.05, 0) is 72.7 Å². The van der Waals surface area contributed by atoms with Gasteiger partial charge in [-0.3, -0.25) is 14.9 Å². The second kappa shape index (κ2) is 10.9. The summed E-state index contributed by atoms with van der Waals surface area (Å²) in [7, 11) is 0. The summed E-state index contributed by atoms with van der Waals surface area (Å²) < 4.78 is 25.7. The van der Waals surface area contributed by atoms with Crippen molar-refractivity contribution in [3.8, 4) is 11.5 Å². The van der Waals surface area contributed by atoms with Crippen LogP contribution in [0.3, 0.4) is 0 Å². The quantitative estimate of drug-likeness (QED) is 0.282. The highest BCUT2D eigenvalue weighted by molar-refractivity contribution is 9.10. The number of ether oxygens (including phenoxy) is 2. The number of anilines is 1. The van der Waals surface area contributed by atoms with E-state index in [4.69, 9.17) is 21.1 Å². The summed E-state index contributed by atoms with van der Waals surface area (Å²) in [5, 5.41) is 2.34. The maximum atomic E-state index is 13.5. The number of carbonyl (C=O) groups is 3. The van der Waals surface area contributed by atoms with E-state index in [1.54, 1.807) is 49.4 Å². The molecule has 0 atom stereocenters. The van der Waals surface area contributed by atoms with Crippen LogP contribution < -0.4 is 19.7 Å². The van der Waals surface area contributed by atoms with Crippen molar-refractivity contribution in [2.45, 2.75) is 13.5 Å². The first kappa shape index (κ1) is 25.4. The molecule has 36 heavy (non-hydrogen) atoms. The predicted octanol–water partition coefficient (Wildman–Crippen LogP) is 5.89. The molecule has 0 spiro atoms.